The lowest BCUT2D eigenvalue weighted by Gasteiger charge is -2.32. The van der Waals surface area contributed by atoms with Gasteiger partial charge in [0.05, 0.1) is 11.1 Å². The molecule has 148 valence electrons. The van der Waals surface area contributed by atoms with Crippen molar-refractivity contribution in [1.82, 2.24) is 15.2 Å². The molecule has 1 aromatic heterocycles. The molecule has 2 fully saturated rings. The molecule has 1 aliphatic heterocycles. The summed E-state index contributed by atoms with van der Waals surface area (Å²) >= 11 is 0. The van der Waals surface area contributed by atoms with E-state index in [0.29, 0.717) is 11.8 Å². The Kier molecular flexibility index (Phi) is 4.41. The molecule has 0 radical (unpaired) electrons. The summed E-state index contributed by atoms with van der Waals surface area (Å²) in [5.74, 6) is 1.31. The van der Waals surface area contributed by atoms with Gasteiger partial charge in [0.2, 0.25) is 5.91 Å². The summed E-state index contributed by atoms with van der Waals surface area (Å²) in [4.78, 5) is 30.8. The number of aromatic nitrogens is 1. The summed E-state index contributed by atoms with van der Waals surface area (Å²) in [7, 11) is 0. The van der Waals surface area contributed by atoms with E-state index in [1.54, 1.807) is 0 Å². The van der Waals surface area contributed by atoms with Crippen LogP contribution in [0.5, 0.6) is 0 Å². The summed E-state index contributed by atoms with van der Waals surface area (Å²) in [6, 6.07) is 6.22. The van der Waals surface area contributed by atoms with Crippen LogP contribution in [0.3, 0.4) is 0 Å². The molecular formula is C23H29N3O2. The summed E-state index contributed by atoms with van der Waals surface area (Å²) in [5.41, 5.74) is 4.44. The molecule has 5 nitrogen and oxygen atoms in total. The maximum absolute atomic E-state index is 13.0. The Bertz CT molecular complexity index is 919. The molecule has 0 bridgehead atoms. The van der Waals surface area contributed by atoms with Gasteiger partial charge in [0.15, 0.2) is 0 Å². The second kappa shape index (κ2) is 6.94. The lowest BCUT2D eigenvalue weighted by molar-refractivity contribution is -0.133. The van der Waals surface area contributed by atoms with E-state index in [-0.39, 0.29) is 17.9 Å². The first-order valence-corrected chi connectivity index (χ1v) is 10.8. The molecule has 2 N–H and O–H groups in total. The first kappa shape index (κ1) is 17.8. The highest BCUT2D eigenvalue weighted by atomic mass is 16.2. The highest BCUT2D eigenvalue weighted by Gasteiger charge is 2.35. The molecule has 0 unspecified atom stereocenters. The van der Waals surface area contributed by atoms with E-state index in [9.17, 15) is 9.59 Å². The minimum Gasteiger partial charge on any atom is -0.358 e. The normalized spacial score (nSPS) is 22.9. The van der Waals surface area contributed by atoms with Gasteiger partial charge < -0.3 is 15.2 Å². The van der Waals surface area contributed by atoms with E-state index in [2.05, 4.69) is 23.3 Å². The second-order valence-electron chi connectivity index (χ2n) is 9.01. The van der Waals surface area contributed by atoms with Gasteiger partial charge in [0.25, 0.3) is 5.91 Å². The molecule has 5 heteroatoms. The average Bonchev–Trinajstić information content (AvgIpc) is 3.49. The highest BCUT2D eigenvalue weighted by Crippen LogP contribution is 2.33. The van der Waals surface area contributed by atoms with E-state index in [1.807, 2.05) is 17.0 Å². The molecule has 1 saturated heterocycles. The van der Waals surface area contributed by atoms with Crippen molar-refractivity contribution in [2.24, 2.45) is 11.8 Å². The Hall–Kier alpha value is -2.30. The standard InChI is InChI=1S/C23H29N3O2/c1-14-5-8-20-19(13-14)17-3-2-4-18(21(17)25-20)22(27)24-16-9-11-26(12-10-16)23(28)15-6-7-15/h2-4,14-16,25H,5-13H2,1H3,(H,24,27)/t14-/m1/s1. The number of fused-ring (bicyclic) bond motifs is 3. The molecule has 1 atom stereocenters. The molecule has 1 saturated carbocycles. The molecule has 28 heavy (non-hydrogen) atoms. The predicted octanol–water partition coefficient (Wildman–Crippen LogP) is 3.42. The Morgan fingerprint density at radius 3 is 2.64 bits per heavy atom. The van der Waals surface area contributed by atoms with Crippen LogP contribution in [0.4, 0.5) is 0 Å². The van der Waals surface area contributed by atoms with Crippen molar-refractivity contribution >= 4 is 22.7 Å². The molecule has 3 aliphatic rings. The van der Waals surface area contributed by atoms with Gasteiger partial charge in [0, 0.05) is 36.1 Å². The van der Waals surface area contributed by atoms with Crippen molar-refractivity contribution in [2.45, 2.75) is 57.9 Å². The number of amides is 2. The number of carbonyl (C=O) groups excluding carboxylic acids is 2. The van der Waals surface area contributed by atoms with E-state index < -0.39 is 0 Å². The quantitative estimate of drug-likeness (QED) is 0.858. The Labute approximate surface area is 165 Å². The van der Waals surface area contributed by atoms with Gasteiger partial charge in [-0.3, -0.25) is 9.59 Å². The van der Waals surface area contributed by atoms with Crippen molar-refractivity contribution < 1.29 is 9.59 Å². The van der Waals surface area contributed by atoms with Crippen molar-refractivity contribution in [3.63, 3.8) is 0 Å². The van der Waals surface area contributed by atoms with Crippen molar-refractivity contribution in [3.8, 4) is 0 Å². The third-order valence-corrected chi connectivity index (χ3v) is 6.78. The maximum Gasteiger partial charge on any atom is 0.253 e. The van der Waals surface area contributed by atoms with Gasteiger partial charge in [-0.25, -0.2) is 0 Å². The lowest BCUT2D eigenvalue weighted by Crippen LogP contribution is -2.47. The number of nitrogens with zero attached hydrogens (tertiary/aromatic N) is 1. The fraction of sp³-hybridized carbons (Fsp3) is 0.565. The number of piperidine rings is 1. The molecule has 2 amide bonds. The van der Waals surface area contributed by atoms with Gasteiger partial charge in [-0.05, 0) is 62.5 Å². The summed E-state index contributed by atoms with van der Waals surface area (Å²) in [5, 5.41) is 4.43. The van der Waals surface area contributed by atoms with Gasteiger partial charge >= 0.3 is 0 Å². The predicted molar refractivity (Wildman–Crippen MR) is 109 cm³/mol. The third-order valence-electron chi connectivity index (χ3n) is 6.78. The van der Waals surface area contributed by atoms with Crippen LogP contribution in [0.15, 0.2) is 18.2 Å². The summed E-state index contributed by atoms with van der Waals surface area (Å²) in [6.45, 7) is 3.83. The molecular weight excluding hydrogens is 350 g/mol. The van der Waals surface area contributed by atoms with Gasteiger partial charge in [-0.2, -0.15) is 0 Å². The van der Waals surface area contributed by atoms with Gasteiger partial charge in [0.1, 0.15) is 0 Å². The van der Waals surface area contributed by atoms with E-state index in [4.69, 9.17) is 0 Å². The highest BCUT2D eigenvalue weighted by molar-refractivity contribution is 6.07. The summed E-state index contributed by atoms with van der Waals surface area (Å²) in [6.07, 6.45) is 7.17. The first-order chi connectivity index (χ1) is 13.6. The number of benzene rings is 1. The third kappa shape index (κ3) is 3.21. The van der Waals surface area contributed by atoms with Crippen LogP contribution in [0.25, 0.3) is 10.9 Å². The first-order valence-electron chi connectivity index (χ1n) is 10.8. The summed E-state index contributed by atoms with van der Waals surface area (Å²) < 4.78 is 0. The fourth-order valence-corrected chi connectivity index (χ4v) is 4.90. The zero-order chi connectivity index (χ0) is 19.3. The number of para-hydroxylation sites is 1. The molecule has 2 heterocycles. The lowest BCUT2D eigenvalue weighted by atomic mass is 9.87. The largest absolute Gasteiger partial charge is 0.358 e. The van der Waals surface area contributed by atoms with Crippen molar-refractivity contribution in [2.75, 3.05) is 13.1 Å². The molecule has 5 rings (SSSR count). The number of nitrogens with one attached hydrogen (secondary N) is 2. The number of hydrogen-bond donors (Lipinski definition) is 2. The van der Waals surface area contributed by atoms with Gasteiger partial charge in [-0.15, -0.1) is 0 Å². The van der Waals surface area contributed by atoms with Crippen LogP contribution < -0.4 is 5.32 Å². The number of aromatic amines is 1. The van der Waals surface area contributed by atoms with Crippen LogP contribution in [0, 0.1) is 11.8 Å². The molecule has 1 aromatic carbocycles. The number of likely N-dealkylation sites (tertiary alicyclic amines) is 1. The maximum atomic E-state index is 13.0. The monoisotopic (exact) mass is 379 g/mol. The van der Waals surface area contributed by atoms with E-state index in [1.165, 1.54) is 23.1 Å². The zero-order valence-corrected chi connectivity index (χ0v) is 16.6. The molecule has 2 aliphatic carbocycles. The SMILES string of the molecule is C[C@@H]1CCc2[nH]c3c(C(=O)NC4CCN(C(=O)C5CC5)CC4)cccc3c2C1. The molecule has 0 spiro atoms. The van der Waals surface area contributed by atoms with Crippen LogP contribution >= 0.6 is 0 Å². The number of hydrogen-bond acceptors (Lipinski definition) is 2. The van der Waals surface area contributed by atoms with Crippen molar-refractivity contribution in [3.05, 3.63) is 35.0 Å². The molecule has 2 aromatic rings. The smallest absolute Gasteiger partial charge is 0.253 e. The average molecular weight is 380 g/mol. The van der Waals surface area contributed by atoms with E-state index in [0.717, 1.165) is 62.7 Å². The van der Waals surface area contributed by atoms with Crippen LogP contribution in [-0.2, 0) is 17.6 Å². The van der Waals surface area contributed by atoms with Gasteiger partial charge in [-0.1, -0.05) is 19.1 Å². The van der Waals surface area contributed by atoms with Crippen LogP contribution in [0.2, 0.25) is 0 Å². The Morgan fingerprint density at radius 1 is 1.11 bits per heavy atom. The topological polar surface area (TPSA) is 65.2 Å². The minimum absolute atomic E-state index is 0.00390. The van der Waals surface area contributed by atoms with Crippen LogP contribution in [-0.4, -0.2) is 40.8 Å². The Balaban J connectivity index is 1.29. The zero-order valence-electron chi connectivity index (χ0n) is 16.6. The Morgan fingerprint density at radius 2 is 1.89 bits per heavy atom. The minimum atomic E-state index is 0.00390. The number of aryl methyl sites for hydroxylation is 1. The van der Waals surface area contributed by atoms with Crippen LogP contribution in [0.1, 0.15) is 60.6 Å². The number of rotatable bonds is 3. The number of H-pyrrole nitrogens is 1. The fourth-order valence-electron chi connectivity index (χ4n) is 4.90. The van der Waals surface area contributed by atoms with Crippen molar-refractivity contribution in [1.29, 1.82) is 0 Å². The number of carbonyl (C=O) groups is 2. The second-order valence-corrected chi connectivity index (χ2v) is 9.01. The van der Waals surface area contributed by atoms with E-state index >= 15 is 0 Å².